The fourth-order valence-electron chi connectivity index (χ4n) is 2.08. The van der Waals surface area contributed by atoms with Crippen molar-refractivity contribution in [3.05, 3.63) is 48.3 Å². The van der Waals surface area contributed by atoms with Crippen LogP contribution in [-0.2, 0) is 0 Å². The molecule has 2 aromatic rings. The number of nitrogens with zero attached hydrogens (tertiary/aromatic N) is 1. The van der Waals surface area contributed by atoms with E-state index in [0.29, 0.717) is 22.9 Å². The number of hydrogen-bond acceptors (Lipinski definition) is 5. The molecule has 0 aromatic heterocycles. The van der Waals surface area contributed by atoms with Crippen LogP contribution in [-0.4, -0.2) is 44.5 Å². The van der Waals surface area contributed by atoms with Crippen LogP contribution in [0.15, 0.2) is 47.5 Å². The summed E-state index contributed by atoms with van der Waals surface area (Å²) in [6.07, 6.45) is -0.856. The second-order valence-electron chi connectivity index (χ2n) is 5.34. The first kappa shape index (κ1) is 19.3. The lowest BCUT2D eigenvalue weighted by molar-refractivity contribution is 0.114. The van der Waals surface area contributed by atoms with Crippen molar-refractivity contribution in [2.75, 3.05) is 32.7 Å². The average Bonchev–Trinajstić information content (AvgIpc) is 2.65. The van der Waals surface area contributed by atoms with Crippen molar-refractivity contribution in [2.45, 2.75) is 6.10 Å². The molecule has 0 saturated heterocycles. The molecule has 8 heteroatoms. The highest BCUT2D eigenvalue weighted by Crippen LogP contribution is 2.29. The maximum Gasteiger partial charge on any atom is 0.193 e. The molecular weight excluding hydrogens is 341 g/mol. The summed E-state index contributed by atoms with van der Waals surface area (Å²) in [5.41, 5.74) is 6.48. The van der Waals surface area contributed by atoms with Crippen LogP contribution in [0, 0.1) is 5.82 Å². The fourth-order valence-corrected chi connectivity index (χ4v) is 2.08. The summed E-state index contributed by atoms with van der Waals surface area (Å²) in [6.45, 7) is 0.0616. The molecule has 0 amide bonds. The van der Waals surface area contributed by atoms with Crippen molar-refractivity contribution in [2.24, 2.45) is 10.7 Å². The Hall–Kier alpha value is -3.00. The number of anilines is 1. The number of aliphatic imine (C=N–C) groups is 1. The Morgan fingerprint density at radius 3 is 2.50 bits per heavy atom. The molecule has 0 heterocycles. The predicted molar refractivity (Wildman–Crippen MR) is 97.6 cm³/mol. The van der Waals surface area contributed by atoms with Gasteiger partial charge in [-0.1, -0.05) is 0 Å². The number of halogens is 1. The number of nitrogens with two attached hydrogens (primary N) is 1. The van der Waals surface area contributed by atoms with Gasteiger partial charge in [-0.25, -0.2) is 4.39 Å². The third-order valence-corrected chi connectivity index (χ3v) is 3.38. The quantitative estimate of drug-likeness (QED) is 0.490. The van der Waals surface area contributed by atoms with Gasteiger partial charge < -0.3 is 30.4 Å². The van der Waals surface area contributed by atoms with Crippen molar-refractivity contribution < 1.29 is 23.7 Å². The Balaban J connectivity index is 1.84. The van der Waals surface area contributed by atoms with Gasteiger partial charge in [-0.05, 0) is 36.4 Å². The van der Waals surface area contributed by atoms with E-state index in [1.807, 2.05) is 0 Å². The molecule has 140 valence electrons. The van der Waals surface area contributed by atoms with E-state index < -0.39 is 6.10 Å². The topological polar surface area (TPSA) is 98.3 Å². The van der Waals surface area contributed by atoms with Gasteiger partial charge in [0.15, 0.2) is 17.5 Å². The molecule has 0 bridgehead atoms. The number of aliphatic hydroxyl groups excluding tert-OH is 1. The first-order valence-corrected chi connectivity index (χ1v) is 7.87. The van der Waals surface area contributed by atoms with E-state index in [1.165, 1.54) is 31.4 Å². The fraction of sp³-hybridized carbons (Fsp3) is 0.278. The van der Waals surface area contributed by atoms with Gasteiger partial charge in [0.05, 0.1) is 20.8 Å². The monoisotopic (exact) mass is 363 g/mol. The van der Waals surface area contributed by atoms with Crippen LogP contribution in [0.25, 0.3) is 0 Å². The largest absolute Gasteiger partial charge is 0.493 e. The third-order valence-electron chi connectivity index (χ3n) is 3.38. The van der Waals surface area contributed by atoms with Crippen LogP contribution >= 0.6 is 0 Å². The lowest BCUT2D eigenvalue weighted by atomic mass is 10.3. The Morgan fingerprint density at radius 1 is 1.15 bits per heavy atom. The van der Waals surface area contributed by atoms with E-state index in [4.69, 9.17) is 19.9 Å². The van der Waals surface area contributed by atoms with E-state index >= 15 is 0 Å². The van der Waals surface area contributed by atoms with Gasteiger partial charge in [0.1, 0.15) is 24.3 Å². The van der Waals surface area contributed by atoms with Crippen LogP contribution < -0.4 is 25.3 Å². The summed E-state index contributed by atoms with van der Waals surface area (Å²) in [7, 11) is 3.09. The highest BCUT2D eigenvalue weighted by atomic mass is 19.1. The predicted octanol–water partition coefficient (Wildman–Crippen LogP) is 2.01. The lowest BCUT2D eigenvalue weighted by Gasteiger charge is -2.12. The highest BCUT2D eigenvalue weighted by molar-refractivity contribution is 5.92. The number of hydrogen-bond donors (Lipinski definition) is 3. The minimum atomic E-state index is -0.856. The van der Waals surface area contributed by atoms with Crippen LogP contribution in [0.2, 0.25) is 0 Å². The molecule has 1 atom stereocenters. The van der Waals surface area contributed by atoms with Crippen molar-refractivity contribution >= 4 is 11.6 Å². The Labute approximate surface area is 151 Å². The normalized spacial score (nSPS) is 12.4. The van der Waals surface area contributed by atoms with Gasteiger partial charge in [0.25, 0.3) is 0 Å². The number of nitrogens with one attached hydrogen (secondary N) is 1. The second kappa shape index (κ2) is 9.47. The van der Waals surface area contributed by atoms with E-state index in [2.05, 4.69) is 10.3 Å². The van der Waals surface area contributed by atoms with Crippen LogP contribution in [0.1, 0.15) is 0 Å². The average molecular weight is 363 g/mol. The lowest BCUT2D eigenvalue weighted by Crippen LogP contribution is -2.27. The number of guanidine groups is 1. The molecule has 26 heavy (non-hydrogen) atoms. The molecule has 4 N–H and O–H groups in total. The summed E-state index contributed by atoms with van der Waals surface area (Å²) in [6, 6.07) is 10.7. The molecule has 2 aromatic carbocycles. The maximum atomic E-state index is 12.8. The summed E-state index contributed by atoms with van der Waals surface area (Å²) < 4.78 is 28.5. The SMILES string of the molecule is COc1ccc(NC(N)=NCC(O)COc2ccc(F)cc2)cc1OC. The molecule has 2 rings (SSSR count). The van der Waals surface area contributed by atoms with Crippen LogP contribution in [0.5, 0.6) is 17.2 Å². The van der Waals surface area contributed by atoms with Crippen molar-refractivity contribution in [1.29, 1.82) is 0 Å². The van der Waals surface area contributed by atoms with E-state index in [-0.39, 0.29) is 24.9 Å². The molecule has 1 unspecified atom stereocenters. The molecular formula is C18H22FN3O4. The Kier molecular flexibility index (Phi) is 7.04. The molecule has 0 spiro atoms. The van der Waals surface area contributed by atoms with E-state index in [0.717, 1.165) is 0 Å². The molecule has 0 radical (unpaired) electrons. The highest BCUT2D eigenvalue weighted by Gasteiger charge is 2.07. The molecule has 0 aliphatic carbocycles. The maximum absolute atomic E-state index is 12.8. The van der Waals surface area contributed by atoms with Crippen molar-refractivity contribution in [1.82, 2.24) is 0 Å². The number of rotatable bonds is 8. The number of ether oxygens (including phenoxy) is 3. The van der Waals surface area contributed by atoms with Gasteiger partial charge in [-0.3, -0.25) is 4.99 Å². The summed E-state index contributed by atoms with van der Waals surface area (Å²) >= 11 is 0. The Morgan fingerprint density at radius 2 is 1.85 bits per heavy atom. The minimum Gasteiger partial charge on any atom is -0.493 e. The first-order valence-electron chi connectivity index (χ1n) is 7.87. The first-order chi connectivity index (χ1) is 12.5. The summed E-state index contributed by atoms with van der Waals surface area (Å²) in [5, 5.41) is 12.8. The molecule has 0 fully saturated rings. The Bertz CT molecular complexity index is 738. The third kappa shape index (κ3) is 5.82. The van der Waals surface area contributed by atoms with Crippen LogP contribution in [0.3, 0.4) is 0 Å². The van der Waals surface area contributed by atoms with Gasteiger partial charge in [-0.2, -0.15) is 0 Å². The minimum absolute atomic E-state index is 0.0127. The van der Waals surface area contributed by atoms with Gasteiger partial charge >= 0.3 is 0 Å². The zero-order chi connectivity index (χ0) is 18.9. The summed E-state index contributed by atoms with van der Waals surface area (Å²) in [5.74, 6) is 1.40. The zero-order valence-corrected chi connectivity index (χ0v) is 14.6. The molecule has 0 saturated carbocycles. The van der Waals surface area contributed by atoms with E-state index in [1.54, 1.807) is 25.3 Å². The molecule has 0 aliphatic rings. The van der Waals surface area contributed by atoms with Crippen LogP contribution in [0.4, 0.5) is 10.1 Å². The van der Waals surface area contributed by atoms with E-state index in [9.17, 15) is 9.50 Å². The molecule has 7 nitrogen and oxygen atoms in total. The van der Waals surface area contributed by atoms with Crippen molar-refractivity contribution in [3.8, 4) is 17.2 Å². The number of methoxy groups -OCH3 is 2. The smallest absolute Gasteiger partial charge is 0.193 e. The van der Waals surface area contributed by atoms with Gasteiger partial charge in [0, 0.05) is 11.8 Å². The second-order valence-corrected chi connectivity index (χ2v) is 5.34. The standard InChI is InChI=1S/C18H22FN3O4/c1-24-16-8-5-13(9-17(16)25-2)22-18(20)21-10-14(23)11-26-15-6-3-12(19)4-7-15/h3-9,14,23H,10-11H2,1-2H3,(H3,20,21,22). The van der Waals surface area contributed by atoms with Crippen molar-refractivity contribution in [3.63, 3.8) is 0 Å². The summed E-state index contributed by atoms with van der Waals surface area (Å²) in [4.78, 5) is 4.07. The molecule has 0 aliphatic heterocycles. The number of benzene rings is 2. The zero-order valence-electron chi connectivity index (χ0n) is 14.6. The van der Waals surface area contributed by atoms with Gasteiger partial charge in [0.2, 0.25) is 0 Å². The number of aliphatic hydroxyl groups is 1. The van der Waals surface area contributed by atoms with Gasteiger partial charge in [-0.15, -0.1) is 0 Å².